The van der Waals surface area contributed by atoms with Gasteiger partial charge < -0.3 is 16.0 Å². The molecule has 4 nitrogen and oxygen atoms in total. The average molecular weight is 273 g/mol. The van der Waals surface area contributed by atoms with Crippen LogP contribution in [0.4, 0.5) is 5.69 Å². The van der Waals surface area contributed by atoms with Gasteiger partial charge in [-0.1, -0.05) is 18.2 Å². The number of hydrogen-bond acceptors (Lipinski definition) is 3. The standard InChI is InChI=1S/C16H23N3O/c17-14-5-3-10-19(15-6-2-1-4-13(14)15)11-9-16(20)18-12-7-8-12/h1-2,4,6,12,14H,3,5,7-11,17H2,(H,18,20). The fourth-order valence-electron chi connectivity index (χ4n) is 2.86. The third-order valence-electron chi connectivity index (χ3n) is 4.17. The molecule has 1 aromatic rings. The number of benzene rings is 1. The fourth-order valence-corrected chi connectivity index (χ4v) is 2.86. The molecular formula is C16H23N3O. The Bertz CT molecular complexity index is 484. The molecule has 0 bridgehead atoms. The third kappa shape index (κ3) is 3.12. The smallest absolute Gasteiger partial charge is 0.221 e. The molecule has 0 aromatic heterocycles. The molecule has 1 atom stereocenters. The van der Waals surface area contributed by atoms with Crippen molar-refractivity contribution in [3.8, 4) is 0 Å². The van der Waals surface area contributed by atoms with E-state index in [1.807, 2.05) is 12.1 Å². The van der Waals surface area contributed by atoms with Gasteiger partial charge in [0.25, 0.3) is 0 Å². The molecule has 2 aliphatic rings. The minimum absolute atomic E-state index is 0.122. The number of carbonyl (C=O) groups is 1. The van der Waals surface area contributed by atoms with Crippen LogP contribution in [-0.2, 0) is 4.79 Å². The highest BCUT2D eigenvalue weighted by atomic mass is 16.1. The van der Waals surface area contributed by atoms with Crippen molar-refractivity contribution < 1.29 is 4.79 Å². The zero-order chi connectivity index (χ0) is 13.9. The molecular weight excluding hydrogens is 250 g/mol. The topological polar surface area (TPSA) is 58.4 Å². The van der Waals surface area contributed by atoms with Crippen LogP contribution in [0.2, 0.25) is 0 Å². The number of fused-ring (bicyclic) bond motifs is 1. The van der Waals surface area contributed by atoms with Crippen molar-refractivity contribution in [3.05, 3.63) is 29.8 Å². The first-order valence-electron chi connectivity index (χ1n) is 7.63. The Morgan fingerprint density at radius 3 is 2.90 bits per heavy atom. The highest BCUT2D eigenvalue weighted by Crippen LogP contribution is 2.31. The lowest BCUT2D eigenvalue weighted by Gasteiger charge is -2.25. The van der Waals surface area contributed by atoms with Gasteiger partial charge in [0, 0.05) is 37.3 Å². The number of carbonyl (C=O) groups excluding carboxylic acids is 1. The Morgan fingerprint density at radius 2 is 2.10 bits per heavy atom. The van der Waals surface area contributed by atoms with Gasteiger partial charge in [0.05, 0.1) is 0 Å². The van der Waals surface area contributed by atoms with Crippen LogP contribution in [0.1, 0.15) is 43.7 Å². The van der Waals surface area contributed by atoms with Gasteiger partial charge >= 0.3 is 0 Å². The molecule has 0 saturated heterocycles. The van der Waals surface area contributed by atoms with Crippen LogP contribution < -0.4 is 16.0 Å². The molecule has 1 aromatic carbocycles. The normalized spacial score (nSPS) is 22.1. The molecule has 1 aliphatic heterocycles. The van der Waals surface area contributed by atoms with Crippen LogP contribution >= 0.6 is 0 Å². The number of nitrogens with one attached hydrogen (secondary N) is 1. The van der Waals surface area contributed by atoms with E-state index in [9.17, 15) is 4.79 Å². The zero-order valence-corrected chi connectivity index (χ0v) is 11.8. The second-order valence-corrected chi connectivity index (χ2v) is 5.89. The summed E-state index contributed by atoms with van der Waals surface area (Å²) in [5, 5.41) is 3.05. The molecule has 0 radical (unpaired) electrons. The minimum Gasteiger partial charge on any atom is -0.371 e. The van der Waals surface area contributed by atoms with E-state index >= 15 is 0 Å². The van der Waals surface area contributed by atoms with Gasteiger partial charge in [-0.05, 0) is 37.3 Å². The van der Waals surface area contributed by atoms with Gasteiger partial charge in [-0.3, -0.25) is 4.79 Å². The van der Waals surface area contributed by atoms with Gasteiger partial charge in [0.2, 0.25) is 5.91 Å². The molecule has 1 fully saturated rings. The monoisotopic (exact) mass is 273 g/mol. The zero-order valence-electron chi connectivity index (χ0n) is 11.8. The maximum atomic E-state index is 11.8. The molecule has 0 spiro atoms. The van der Waals surface area contributed by atoms with Crippen molar-refractivity contribution in [1.29, 1.82) is 0 Å². The minimum atomic E-state index is 0.122. The van der Waals surface area contributed by atoms with Crippen LogP contribution in [0.5, 0.6) is 0 Å². The van der Waals surface area contributed by atoms with Crippen LogP contribution in [0.25, 0.3) is 0 Å². The highest BCUT2D eigenvalue weighted by Gasteiger charge is 2.24. The molecule has 20 heavy (non-hydrogen) atoms. The summed E-state index contributed by atoms with van der Waals surface area (Å²) >= 11 is 0. The van der Waals surface area contributed by atoms with Crippen LogP contribution in [0.3, 0.4) is 0 Å². The van der Waals surface area contributed by atoms with E-state index in [-0.39, 0.29) is 11.9 Å². The molecule has 1 aliphatic carbocycles. The van der Waals surface area contributed by atoms with E-state index in [1.165, 1.54) is 11.3 Å². The maximum absolute atomic E-state index is 11.8. The van der Waals surface area contributed by atoms with Crippen LogP contribution in [-0.4, -0.2) is 25.0 Å². The summed E-state index contributed by atoms with van der Waals surface area (Å²) in [6, 6.07) is 8.90. The van der Waals surface area contributed by atoms with Gasteiger partial charge in [-0.25, -0.2) is 0 Å². The summed E-state index contributed by atoms with van der Waals surface area (Å²) in [6.45, 7) is 1.77. The average Bonchev–Trinajstić information content (AvgIpc) is 3.26. The molecule has 4 heteroatoms. The summed E-state index contributed by atoms with van der Waals surface area (Å²) in [5.74, 6) is 0.179. The number of rotatable bonds is 4. The highest BCUT2D eigenvalue weighted by molar-refractivity contribution is 5.77. The number of para-hydroxylation sites is 1. The summed E-state index contributed by atoms with van der Waals surface area (Å²) in [6.07, 6.45) is 4.96. The Hall–Kier alpha value is -1.55. The largest absolute Gasteiger partial charge is 0.371 e. The van der Waals surface area contributed by atoms with Crippen molar-refractivity contribution in [3.63, 3.8) is 0 Å². The van der Waals surface area contributed by atoms with E-state index in [0.29, 0.717) is 12.5 Å². The first-order chi connectivity index (χ1) is 9.74. The van der Waals surface area contributed by atoms with E-state index in [2.05, 4.69) is 22.3 Å². The Morgan fingerprint density at radius 1 is 1.30 bits per heavy atom. The Balaban J connectivity index is 1.65. The molecule has 1 amide bonds. The lowest BCUT2D eigenvalue weighted by atomic mass is 10.0. The number of anilines is 1. The van der Waals surface area contributed by atoms with E-state index < -0.39 is 0 Å². The molecule has 1 heterocycles. The Kier molecular flexibility index (Phi) is 3.92. The van der Waals surface area contributed by atoms with Crippen molar-refractivity contribution in [1.82, 2.24) is 5.32 Å². The number of nitrogens with zero attached hydrogens (tertiary/aromatic N) is 1. The number of amides is 1. The van der Waals surface area contributed by atoms with E-state index in [0.717, 1.165) is 38.8 Å². The molecule has 1 saturated carbocycles. The predicted octanol–water partition coefficient (Wildman–Crippen LogP) is 1.96. The van der Waals surface area contributed by atoms with E-state index in [1.54, 1.807) is 0 Å². The maximum Gasteiger partial charge on any atom is 0.221 e. The van der Waals surface area contributed by atoms with Crippen LogP contribution in [0, 0.1) is 0 Å². The van der Waals surface area contributed by atoms with Crippen molar-refractivity contribution in [2.24, 2.45) is 5.73 Å². The second-order valence-electron chi connectivity index (χ2n) is 5.89. The van der Waals surface area contributed by atoms with Crippen molar-refractivity contribution >= 4 is 11.6 Å². The van der Waals surface area contributed by atoms with E-state index in [4.69, 9.17) is 5.73 Å². The van der Waals surface area contributed by atoms with Crippen molar-refractivity contribution in [2.75, 3.05) is 18.0 Å². The van der Waals surface area contributed by atoms with Gasteiger partial charge in [0.1, 0.15) is 0 Å². The number of nitrogens with two attached hydrogens (primary N) is 1. The third-order valence-corrected chi connectivity index (χ3v) is 4.17. The first-order valence-corrected chi connectivity index (χ1v) is 7.63. The predicted molar refractivity (Wildman–Crippen MR) is 80.6 cm³/mol. The Labute approximate surface area is 120 Å². The summed E-state index contributed by atoms with van der Waals surface area (Å²) in [5.41, 5.74) is 8.65. The molecule has 3 N–H and O–H groups in total. The SMILES string of the molecule is NC1CCCN(CCC(=O)NC2CC2)c2ccccc21. The fraction of sp³-hybridized carbons (Fsp3) is 0.562. The summed E-state index contributed by atoms with van der Waals surface area (Å²) in [7, 11) is 0. The van der Waals surface area contributed by atoms with Gasteiger partial charge in [-0.2, -0.15) is 0 Å². The molecule has 108 valence electrons. The summed E-state index contributed by atoms with van der Waals surface area (Å²) in [4.78, 5) is 14.2. The first kappa shape index (κ1) is 13.4. The summed E-state index contributed by atoms with van der Waals surface area (Å²) < 4.78 is 0. The lowest BCUT2D eigenvalue weighted by molar-refractivity contribution is -0.121. The quantitative estimate of drug-likeness (QED) is 0.881. The lowest BCUT2D eigenvalue weighted by Crippen LogP contribution is -2.32. The number of hydrogen-bond donors (Lipinski definition) is 2. The van der Waals surface area contributed by atoms with Gasteiger partial charge in [0.15, 0.2) is 0 Å². The second kappa shape index (κ2) is 5.83. The van der Waals surface area contributed by atoms with Crippen molar-refractivity contribution in [2.45, 2.75) is 44.2 Å². The molecule has 1 unspecified atom stereocenters. The van der Waals surface area contributed by atoms with Crippen LogP contribution in [0.15, 0.2) is 24.3 Å². The van der Waals surface area contributed by atoms with Gasteiger partial charge in [-0.15, -0.1) is 0 Å². The molecule has 3 rings (SSSR count).